The molecule has 4 saturated heterocycles. The topological polar surface area (TPSA) is 166 Å². The molecule has 2 unspecified atom stereocenters. The molecule has 22 heteroatoms. The molecule has 18 nitrogen and oxygen atoms in total. The zero-order valence-corrected chi connectivity index (χ0v) is 38.3. The van der Waals surface area contributed by atoms with Crippen molar-refractivity contribution in [2.75, 3.05) is 113 Å². The predicted molar refractivity (Wildman–Crippen MR) is 247 cm³/mol. The number of hydrogen-bond donors (Lipinski definition) is 3. The van der Waals surface area contributed by atoms with E-state index in [1.807, 2.05) is 53.8 Å². The van der Waals surface area contributed by atoms with E-state index >= 15 is 0 Å². The van der Waals surface area contributed by atoms with E-state index in [4.69, 9.17) is 4.74 Å². The molecule has 0 saturated carbocycles. The van der Waals surface area contributed by atoms with E-state index in [9.17, 15) is 22.4 Å². The molecule has 67 heavy (non-hydrogen) atoms. The number of benzene rings is 2. The highest BCUT2D eigenvalue weighted by Crippen LogP contribution is 2.32. The van der Waals surface area contributed by atoms with E-state index < -0.39 is 28.9 Å². The Morgan fingerprint density at radius 2 is 1.15 bits per heavy atom. The number of amides is 1. The number of anilines is 6. The van der Waals surface area contributed by atoms with Crippen LogP contribution in [0, 0.1) is 23.3 Å². The van der Waals surface area contributed by atoms with Crippen molar-refractivity contribution >= 4 is 63.1 Å². The fourth-order valence-corrected chi connectivity index (χ4v) is 8.74. The number of ether oxygens (including phenoxy) is 1. The van der Waals surface area contributed by atoms with Gasteiger partial charge in [-0.15, -0.1) is 0 Å². The third-order valence-electron chi connectivity index (χ3n) is 12.6. The fraction of sp³-hybridized carbons (Fsp3) is 0.489. The number of carbonyl (C=O) groups excluding carboxylic acids is 1. The van der Waals surface area contributed by atoms with Gasteiger partial charge in [0.05, 0.1) is 59.9 Å². The highest BCUT2D eigenvalue weighted by molar-refractivity contribution is 5.74. The Hall–Kier alpha value is -6.39. The third-order valence-corrected chi connectivity index (χ3v) is 12.6. The molecule has 0 bridgehead atoms. The van der Waals surface area contributed by atoms with E-state index in [1.165, 1.54) is 18.3 Å². The van der Waals surface area contributed by atoms with Crippen molar-refractivity contribution in [1.82, 2.24) is 59.1 Å². The molecule has 4 aliphatic rings. The average Bonchev–Trinajstić information content (AvgIpc) is 4.15. The van der Waals surface area contributed by atoms with Crippen molar-refractivity contribution in [3.63, 3.8) is 0 Å². The second-order valence-corrected chi connectivity index (χ2v) is 18.5. The van der Waals surface area contributed by atoms with E-state index in [-0.39, 0.29) is 52.8 Å². The lowest BCUT2D eigenvalue weighted by molar-refractivity contribution is 0.0289. The summed E-state index contributed by atoms with van der Waals surface area (Å²) in [4.78, 5) is 48.4. The number of nitrogens with one attached hydrogen (secondary N) is 3. The van der Waals surface area contributed by atoms with Crippen LogP contribution in [0.4, 0.5) is 57.0 Å². The number of piperazine rings is 2. The quantitative estimate of drug-likeness (QED) is 0.154. The van der Waals surface area contributed by atoms with Gasteiger partial charge >= 0.3 is 6.09 Å². The second kappa shape index (κ2) is 19.1. The van der Waals surface area contributed by atoms with Crippen molar-refractivity contribution in [2.24, 2.45) is 0 Å². The van der Waals surface area contributed by atoms with E-state index in [0.717, 1.165) is 45.7 Å². The van der Waals surface area contributed by atoms with Crippen molar-refractivity contribution in [3.8, 4) is 0 Å². The van der Waals surface area contributed by atoms with Crippen LogP contribution in [0.15, 0.2) is 49.3 Å². The average molecular weight is 929 g/mol. The Morgan fingerprint density at radius 3 is 1.61 bits per heavy atom. The smallest absolute Gasteiger partial charge is 0.410 e. The summed E-state index contributed by atoms with van der Waals surface area (Å²) in [6, 6.07) is 6.47. The summed E-state index contributed by atoms with van der Waals surface area (Å²) >= 11 is 0. The normalized spacial score (nSPS) is 19.6. The monoisotopic (exact) mass is 928 g/mol. The molecule has 0 aliphatic carbocycles. The maximum Gasteiger partial charge on any atom is 0.410 e. The summed E-state index contributed by atoms with van der Waals surface area (Å²) < 4.78 is 68.9. The van der Waals surface area contributed by atoms with Gasteiger partial charge in [0.15, 0.2) is 34.6 Å². The molecule has 0 radical (unpaired) electrons. The summed E-state index contributed by atoms with van der Waals surface area (Å²) in [5.41, 5.74) is 2.40. The highest BCUT2D eigenvalue weighted by atomic mass is 19.2. The zero-order valence-electron chi connectivity index (χ0n) is 38.3. The van der Waals surface area contributed by atoms with Gasteiger partial charge in [0.25, 0.3) is 0 Å². The number of fused-ring (bicyclic) bond motifs is 2. The number of nitrogens with zero attached hydrogens (tertiary/aromatic N) is 13. The summed E-state index contributed by atoms with van der Waals surface area (Å²) in [6.45, 7) is 14.1. The first-order chi connectivity index (χ1) is 32.2. The maximum atomic E-state index is 15.0. The summed E-state index contributed by atoms with van der Waals surface area (Å²) in [6.07, 6.45) is 7.90. The van der Waals surface area contributed by atoms with Crippen LogP contribution in [0.5, 0.6) is 0 Å². The number of hydrogen-bond acceptors (Lipinski definition) is 15. The van der Waals surface area contributed by atoms with Crippen LogP contribution in [0.3, 0.4) is 0 Å². The molecule has 0 spiro atoms. The molecule has 10 rings (SSSR count). The first kappa shape index (κ1) is 45.8. The van der Waals surface area contributed by atoms with Gasteiger partial charge in [-0.1, -0.05) is 0 Å². The van der Waals surface area contributed by atoms with E-state index in [1.54, 1.807) is 35.9 Å². The van der Waals surface area contributed by atoms with Gasteiger partial charge in [0, 0.05) is 72.0 Å². The zero-order chi connectivity index (χ0) is 47.0. The standard InChI is InChI=1S/C25H32F2N8O2.C20H24F2N8/c1-25(2,3)37-24(36)34-8-7-16(14-34)35-15-29-18-13-28-23(31-22(18)35)30-17-5-6-19(21(27)20(17)26)33-11-9-32(4)10-12-33;1-28-6-8-29(9-7-28)16-3-2-14(17(21)18(16)22)26-20-24-11-15-19(27-20)30(12-25-15)13-4-5-23-10-13/h5-6,13,15-16H,7-12,14H2,1-4H3,(H,28,30,31);2-3,11-13,23H,4-10H2,1H3,(H,24,26,27). The van der Waals surface area contributed by atoms with Crippen molar-refractivity contribution in [2.45, 2.75) is 51.3 Å². The molecule has 4 aromatic heterocycles. The molecular formula is C45H56F4N16O2. The third kappa shape index (κ3) is 10.0. The molecule has 2 aromatic carbocycles. The largest absolute Gasteiger partial charge is 0.444 e. The van der Waals surface area contributed by atoms with Gasteiger partial charge < -0.3 is 54.3 Å². The summed E-state index contributed by atoms with van der Waals surface area (Å²) in [5, 5.41) is 8.96. The Morgan fingerprint density at radius 1 is 0.657 bits per heavy atom. The summed E-state index contributed by atoms with van der Waals surface area (Å²) in [7, 11) is 4.03. The lowest BCUT2D eigenvalue weighted by Crippen LogP contribution is -2.44. The maximum absolute atomic E-state index is 15.0. The fourth-order valence-electron chi connectivity index (χ4n) is 8.74. The number of aromatic nitrogens is 8. The molecule has 3 N–H and O–H groups in total. The number of carbonyl (C=O) groups is 1. The van der Waals surface area contributed by atoms with Gasteiger partial charge in [0.2, 0.25) is 11.9 Å². The van der Waals surface area contributed by atoms with Gasteiger partial charge in [-0.2, -0.15) is 9.97 Å². The molecule has 1 amide bonds. The van der Waals surface area contributed by atoms with Crippen molar-refractivity contribution in [1.29, 1.82) is 0 Å². The summed E-state index contributed by atoms with van der Waals surface area (Å²) in [5.74, 6) is -3.31. The second-order valence-electron chi connectivity index (χ2n) is 18.5. The number of rotatable bonds is 8. The van der Waals surface area contributed by atoms with Crippen LogP contribution < -0.4 is 25.8 Å². The molecule has 6 aromatic rings. The van der Waals surface area contributed by atoms with Crippen molar-refractivity contribution < 1.29 is 27.1 Å². The lowest BCUT2D eigenvalue weighted by Gasteiger charge is -2.34. The SMILES string of the molecule is CN1CCN(c2ccc(Nc3ncc4ncn(C5CCN(C(=O)OC(C)(C)C)C5)c4n3)c(F)c2F)CC1.CN1CCN(c2ccc(Nc3ncc4ncn(C5CCNC5)c4n3)c(F)c2F)CC1. The minimum Gasteiger partial charge on any atom is -0.444 e. The van der Waals surface area contributed by atoms with E-state index in [2.05, 4.69) is 55.7 Å². The molecule has 4 fully saturated rings. The molecule has 2 atom stereocenters. The molecule has 4 aliphatic heterocycles. The Balaban J connectivity index is 0.000000171. The molecular weight excluding hydrogens is 873 g/mol. The first-order valence-electron chi connectivity index (χ1n) is 22.6. The van der Waals surface area contributed by atoms with Crippen LogP contribution in [-0.4, -0.2) is 158 Å². The van der Waals surface area contributed by atoms with Gasteiger partial charge in [-0.3, -0.25) is 0 Å². The highest BCUT2D eigenvalue weighted by Gasteiger charge is 2.32. The first-order valence-corrected chi connectivity index (χ1v) is 22.6. The van der Waals surface area contributed by atoms with E-state index in [0.29, 0.717) is 68.0 Å². The van der Waals surface area contributed by atoms with Gasteiger partial charge in [-0.05, 0) is 78.5 Å². The number of likely N-dealkylation sites (N-methyl/N-ethyl adjacent to an activating group) is 2. The Labute approximate surface area is 385 Å². The Bertz CT molecular complexity index is 2720. The number of halogens is 4. The van der Waals surface area contributed by atoms with Crippen LogP contribution in [0.25, 0.3) is 22.3 Å². The minimum atomic E-state index is -0.975. The number of imidazole rings is 2. The van der Waals surface area contributed by atoms with Crippen LogP contribution in [-0.2, 0) is 4.74 Å². The van der Waals surface area contributed by atoms with Crippen LogP contribution in [0.1, 0.15) is 45.7 Å². The lowest BCUT2D eigenvalue weighted by atomic mass is 10.2. The van der Waals surface area contributed by atoms with Crippen LogP contribution >= 0.6 is 0 Å². The van der Waals surface area contributed by atoms with Gasteiger partial charge in [0.1, 0.15) is 16.6 Å². The van der Waals surface area contributed by atoms with Crippen LogP contribution in [0.2, 0.25) is 0 Å². The Kier molecular flexibility index (Phi) is 13.0. The minimum absolute atomic E-state index is 0.0123. The molecule has 356 valence electrons. The molecule has 8 heterocycles. The van der Waals surface area contributed by atoms with Gasteiger partial charge in [-0.25, -0.2) is 42.3 Å². The van der Waals surface area contributed by atoms with Crippen molar-refractivity contribution in [3.05, 3.63) is 72.6 Å². The number of likely N-dealkylation sites (tertiary alicyclic amines) is 1. The predicted octanol–water partition coefficient (Wildman–Crippen LogP) is 5.92.